The summed E-state index contributed by atoms with van der Waals surface area (Å²) in [7, 11) is 0. The van der Waals surface area contributed by atoms with E-state index in [-0.39, 0.29) is 11.7 Å². The average Bonchev–Trinajstić information content (AvgIpc) is 2.63. The van der Waals surface area contributed by atoms with Crippen molar-refractivity contribution in [1.82, 2.24) is 5.32 Å². The molecule has 0 heterocycles. The van der Waals surface area contributed by atoms with Crippen LogP contribution in [0.4, 0.5) is 4.39 Å². The van der Waals surface area contributed by atoms with Crippen molar-refractivity contribution in [2.24, 2.45) is 0 Å². The number of carbonyl (C=O) groups excluding carboxylic acids is 1. The van der Waals surface area contributed by atoms with Crippen LogP contribution in [0.2, 0.25) is 10.0 Å². The van der Waals surface area contributed by atoms with Crippen LogP contribution in [0.5, 0.6) is 5.75 Å². The predicted molar refractivity (Wildman–Crippen MR) is 107 cm³/mol. The molecule has 0 aliphatic heterocycles. The number of ether oxygens (including phenoxy) is 1. The van der Waals surface area contributed by atoms with Crippen molar-refractivity contribution in [3.05, 3.63) is 63.9 Å². The maximum absolute atomic E-state index is 13.7. The second-order valence-electron chi connectivity index (χ2n) is 5.51. The van der Waals surface area contributed by atoms with Gasteiger partial charge in [-0.15, -0.1) is 0 Å². The number of nitrogens with one attached hydrogen (secondary N) is 1. The number of halogens is 3. The summed E-state index contributed by atoms with van der Waals surface area (Å²) in [5.74, 6) is 1.22. The van der Waals surface area contributed by atoms with Crippen LogP contribution >= 0.6 is 35.0 Å². The number of thioether (sulfide) groups is 1. The standard InChI is InChI=1S/C19H20Cl2FNO2S/c1-2-18(25-14-8-6-13(20)7-9-14)19(24)23-10-11-26-12-15-16(21)4-3-5-17(15)22/h3-9,18H,2,10-12H2,1H3,(H,23,24)/t18-/m0/s1. The van der Waals surface area contributed by atoms with Gasteiger partial charge >= 0.3 is 0 Å². The highest BCUT2D eigenvalue weighted by molar-refractivity contribution is 7.98. The van der Waals surface area contributed by atoms with Crippen LogP contribution in [0.3, 0.4) is 0 Å². The van der Waals surface area contributed by atoms with E-state index in [2.05, 4.69) is 5.32 Å². The normalized spacial score (nSPS) is 11.8. The monoisotopic (exact) mass is 415 g/mol. The molecule has 0 fully saturated rings. The van der Waals surface area contributed by atoms with Crippen molar-refractivity contribution in [2.75, 3.05) is 12.3 Å². The van der Waals surface area contributed by atoms with Crippen LogP contribution in [-0.4, -0.2) is 24.3 Å². The summed E-state index contributed by atoms with van der Waals surface area (Å²) in [4.78, 5) is 12.2. The Labute approximate surface area is 167 Å². The minimum Gasteiger partial charge on any atom is -0.481 e. The predicted octanol–water partition coefficient (Wildman–Crippen LogP) is 5.34. The zero-order chi connectivity index (χ0) is 18.9. The van der Waals surface area contributed by atoms with E-state index in [1.165, 1.54) is 17.8 Å². The van der Waals surface area contributed by atoms with Crippen molar-refractivity contribution in [2.45, 2.75) is 25.2 Å². The van der Waals surface area contributed by atoms with E-state index in [1.54, 1.807) is 36.4 Å². The minimum atomic E-state index is -0.567. The van der Waals surface area contributed by atoms with Crippen LogP contribution < -0.4 is 10.1 Å². The van der Waals surface area contributed by atoms with E-state index in [0.717, 1.165) is 0 Å². The van der Waals surface area contributed by atoms with Crippen molar-refractivity contribution >= 4 is 40.9 Å². The number of carbonyl (C=O) groups is 1. The van der Waals surface area contributed by atoms with E-state index < -0.39 is 6.10 Å². The number of hydrogen-bond donors (Lipinski definition) is 1. The quantitative estimate of drug-likeness (QED) is 0.561. The van der Waals surface area contributed by atoms with Gasteiger partial charge in [-0.25, -0.2) is 4.39 Å². The fraction of sp³-hybridized carbons (Fsp3) is 0.316. The van der Waals surface area contributed by atoms with E-state index in [9.17, 15) is 9.18 Å². The first-order chi connectivity index (χ1) is 12.5. The molecule has 7 heteroatoms. The molecular formula is C19H20Cl2FNO2S. The van der Waals surface area contributed by atoms with Crippen LogP contribution in [0, 0.1) is 5.82 Å². The number of hydrogen-bond acceptors (Lipinski definition) is 3. The van der Waals surface area contributed by atoms with Crippen LogP contribution in [0.25, 0.3) is 0 Å². The lowest BCUT2D eigenvalue weighted by Gasteiger charge is -2.17. The Morgan fingerprint density at radius 2 is 1.96 bits per heavy atom. The fourth-order valence-corrected chi connectivity index (χ4v) is 3.53. The minimum absolute atomic E-state index is 0.174. The van der Waals surface area contributed by atoms with Crippen molar-refractivity contribution in [3.8, 4) is 5.75 Å². The molecule has 140 valence electrons. The van der Waals surface area contributed by atoms with Crippen LogP contribution in [0.15, 0.2) is 42.5 Å². The zero-order valence-electron chi connectivity index (χ0n) is 14.3. The van der Waals surface area contributed by atoms with E-state index in [4.69, 9.17) is 27.9 Å². The third kappa shape index (κ3) is 6.38. The molecule has 26 heavy (non-hydrogen) atoms. The van der Waals surface area contributed by atoms with Crippen molar-refractivity contribution in [1.29, 1.82) is 0 Å². The Bertz CT molecular complexity index is 708. The Hall–Kier alpha value is -1.43. The summed E-state index contributed by atoms with van der Waals surface area (Å²) >= 11 is 13.3. The first-order valence-electron chi connectivity index (χ1n) is 8.21. The van der Waals surface area contributed by atoms with Gasteiger partial charge in [0.2, 0.25) is 0 Å². The highest BCUT2D eigenvalue weighted by Crippen LogP contribution is 2.23. The topological polar surface area (TPSA) is 38.3 Å². The van der Waals surface area contributed by atoms with E-state index >= 15 is 0 Å². The second kappa shape index (κ2) is 10.7. The molecule has 0 unspecified atom stereocenters. The smallest absolute Gasteiger partial charge is 0.261 e. The molecule has 0 aliphatic carbocycles. The van der Waals surface area contributed by atoms with Crippen molar-refractivity contribution in [3.63, 3.8) is 0 Å². The molecule has 3 nitrogen and oxygen atoms in total. The first kappa shape index (κ1) is 20.9. The summed E-state index contributed by atoms with van der Waals surface area (Å²) in [6, 6.07) is 11.5. The SMILES string of the molecule is CC[C@H](Oc1ccc(Cl)cc1)C(=O)NCCSCc1c(F)cccc1Cl. The molecule has 1 N–H and O–H groups in total. The summed E-state index contributed by atoms with van der Waals surface area (Å²) in [6.07, 6.45) is -0.0194. The summed E-state index contributed by atoms with van der Waals surface area (Å²) in [5, 5.41) is 3.88. The molecule has 0 saturated carbocycles. The summed E-state index contributed by atoms with van der Waals surface area (Å²) in [6.45, 7) is 2.35. The van der Waals surface area contributed by atoms with Gasteiger partial charge in [0.05, 0.1) is 0 Å². The van der Waals surface area contributed by atoms with Gasteiger partial charge in [0.1, 0.15) is 11.6 Å². The Balaban J connectivity index is 1.73. The molecule has 0 aromatic heterocycles. The lowest BCUT2D eigenvalue weighted by Crippen LogP contribution is -2.39. The highest BCUT2D eigenvalue weighted by Gasteiger charge is 2.17. The number of rotatable bonds is 9. The molecule has 2 aromatic carbocycles. The van der Waals surface area contributed by atoms with Gasteiger partial charge in [0.15, 0.2) is 6.10 Å². The summed E-state index contributed by atoms with van der Waals surface area (Å²) < 4.78 is 19.4. The Kier molecular flexibility index (Phi) is 8.55. The Morgan fingerprint density at radius 3 is 2.62 bits per heavy atom. The van der Waals surface area contributed by atoms with Gasteiger partial charge in [-0.3, -0.25) is 4.79 Å². The number of benzene rings is 2. The van der Waals surface area contributed by atoms with Gasteiger partial charge in [0.25, 0.3) is 5.91 Å². The second-order valence-corrected chi connectivity index (χ2v) is 7.46. The third-order valence-electron chi connectivity index (χ3n) is 3.61. The van der Waals surface area contributed by atoms with Gasteiger partial charge in [-0.1, -0.05) is 36.2 Å². The third-order valence-corrected chi connectivity index (χ3v) is 5.20. The zero-order valence-corrected chi connectivity index (χ0v) is 16.6. The molecule has 0 spiro atoms. The van der Waals surface area contributed by atoms with E-state index in [1.807, 2.05) is 6.92 Å². The molecule has 1 amide bonds. The van der Waals surface area contributed by atoms with Crippen molar-refractivity contribution < 1.29 is 13.9 Å². The van der Waals surface area contributed by atoms with Crippen LogP contribution in [-0.2, 0) is 10.5 Å². The van der Waals surface area contributed by atoms with Gasteiger partial charge < -0.3 is 10.1 Å². The largest absolute Gasteiger partial charge is 0.481 e. The van der Waals surface area contributed by atoms with Gasteiger partial charge in [-0.2, -0.15) is 11.8 Å². The molecule has 0 bridgehead atoms. The Morgan fingerprint density at radius 1 is 1.23 bits per heavy atom. The molecule has 0 saturated heterocycles. The van der Waals surface area contributed by atoms with Crippen LogP contribution in [0.1, 0.15) is 18.9 Å². The highest BCUT2D eigenvalue weighted by atomic mass is 35.5. The molecule has 2 rings (SSSR count). The van der Waals surface area contributed by atoms with E-state index in [0.29, 0.717) is 45.8 Å². The lowest BCUT2D eigenvalue weighted by molar-refractivity contribution is -0.127. The first-order valence-corrected chi connectivity index (χ1v) is 10.1. The maximum atomic E-state index is 13.7. The molecule has 1 atom stereocenters. The maximum Gasteiger partial charge on any atom is 0.261 e. The van der Waals surface area contributed by atoms with Gasteiger partial charge in [-0.05, 0) is 42.8 Å². The van der Waals surface area contributed by atoms with Gasteiger partial charge in [0, 0.05) is 33.7 Å². The number of amides is 1. The average molecular weight is 416 g/mol. The molecule has 2 aromatic rings. The molecule has 0 aliphatic rings. The lowest BCUT2D eigenvalue weighted by atomic mass is 10.2. The molecule has 0 radical (unpaired) electrons. The fourth-order valence-electron chi connectivity index (χ4n) is 2.20. The molecular weight excluding hydrogens is 396 g/mol. The summed E-state index contributed by atoms with van der Waals surface area (Å²) in [5.41, 5.74) is 0.489.